The van der Waals surface area contributed by atoms with E-state index in [9.17, 15) is 0 Å². The van der Waals surface area contributed by atoms with E-state index in [0.717, 1.165) is 19.6 Å². The fraction of sp³-hybridized carbons (Fsp3) is 0.357. The van der Waals surface area contributed by atoms with Gasteiger partial charge in [0.05, 0.1) is 6.33 Å². The molecule has 18 heavy (non-hydrogen) atoms. The first kappa shape index (κ1) is 11.8. The van der Waals surface area contributed by atoms with Crippen LogP contribution >= 0.6 is 11.8 Å². The quantitative estimate of drug-likeness (QED) is 0.835. The van der Waals surface area contributed by atoms with Gasteiger partial charge in [-0.1, -0.05) is 18.2 Å². The number of thioether (sulfide) groups is 1. The number of nitrogens with one attached hydrogen (secondary N) is 1. The van der Waals surface area contributed by atoms with E-state index in [-0.39, 0.29) is 0 Å². The molecule has 2 heterocycles. The van der Waals surface area contributed by atoms with Crippen LogP contribution in [0.3, 0.4) is 0 Å². The minimum Gasteiger partial charge on any atom is -0.336 e. The van der Waals surface area contributed by atoms with Crippen LogP contribution in [0.4, 0.5) is 0 Å². The van der Waals surface area contributed by atoms with E-state index in [1.165, 1.54) is 16.9 Å². The van der Waals surface area contributed by atoms with Gasteiger partial charge in [-0.15, -0.1) is 11.8 Å². The average Bonchev–Trinajstić information content (AvgIpc) is 3.03. The SMILES string of the molecule is c1ccc2c(c1)CC(CNCCn1ccnc1)S2. The van der Waals surface area contributed by atoms with Crippen LogP contribution in [-0.2, 0) is 13.0 Å². The predicted octanol–water partition coefficient (Wildman–Crippen LogP) is 2.19. The zero-order valence-electron chi connectivity index (χ0n) is 10.2. The Balaban J connectivity index is 1.41. The minimum absolute atomic E-state index is 0.685. The summed E-state index contributed by atoms with van der Waals surface area (Å²) in [5.74, 6) is 0. The molecule has 1 unspecified atom stereocenters. The lowest BCUT2D eigenvalue weighted by molar-refractivity contribution is 0.590. The lowest BCUT2D eigenvalue weighted by atomic mass is 10.1. The van der Waals surface area contributed by atoms with Gasteiger partial charge in [0.2, 0.25) is 0 Å². The zero-order valence-corrected chi connectivity index (χ0v) is 11.1. The Morgan fingerprint density at radius 2 is 2.33 bits per heavy atom. The Kier molecular flexibility index (Phi) is 3.67. The van der Waals surface area contributed by atoms with Crippen molar-refractivity contribution in [2.45, 2.75) is 23.1 Å². The highest BCUT2D eigenvalue weighted by molar-refractivity contribution is 8.00. The highest BCUT2D eigenvalue weighted by atomic mass is 32.2. The molecule has 3 nitrogen and oxygen atoms in total. The van der Waals surface area contributed by atoms with Crippen LogP contribution < -0.4 is 5.32 Å². The monoisotopic (exact) mass is 259 g/mol. The first-order valence-corrected chi connectivity index (χ1v) is 7.21. The summed E-state index contributed by atoms with van der Waals surface area (Å²) >= 11 is 2.00. The Bertz CT molecular complexity index is 471. The summed E-state index contributed by atoms with van der Waals surface area (Å²) in [6.45, 7) is 3.07. The predicted molar refractivity (Wildman–Crippen MR) is 74.9 cm³/mol. The Hall–Kier alpha value is -1.26. The maximum absolute atomic E-state index is 4.04. The Morgan fingerprint density at radius 3 is 3.17 bits per heavy atom. The van der Waals surface area contributed by atoms with Gasteiger partial charge in [0, 0.05) is 42.2 Å². The molecule has 0 saturated carbocycles. The summed E-state index contributed by atoms with van der Waals surface area (Å²) < 4.78 is 2.10. The van der Waals surface area contributed by atoms with E-state index in [1.807, 2.05) is 30.5 Å². The van der Waals surface area contributed by atoms with E-state index in [2.05, 4.69) is 39.1 Å². The maximum Gasteiger partial charge on any atom is 0.0946 e. The summed E-state index contributed by atoms with van der Waals surface area (Å²) in [6.07, 6.45) is 6.88. The van der Waals surface area contributed by atoms with Gasteiger partial charge in [-0.2, -0.15) is 0 Å². The summed E-state index contributed by atoms with van der Waals surface area (Å²) in [7, 11) is 0. The molecule has 2 aromatic rings. The molecule has 1 aliphatic rings. The van der Waals surface area contributed by atoms with Gasteiger partial charge < -0.3 is 9.88 Å². The molecule has 0 aliphatic carbocycles. The molecule has 0 radical (unpaired) electrons. The Labute approximate surface area is 112 Å². The third-order valence-electron chi connectivity index (χ3n) is 3.19. The van der Waals surface area contributed by atoms with Crippen LogP contribution in [0.5, 0.6) is 0 Å². The van der Waals surface area contributed by atoms with Crippen LogP contribution in [0.15, 0.2) is 47.9 Å². The van der Waals surface area contributed by atoms with Gasteiger partial charge in [0.1, 0.15) is 0 Å². The molecule has 0 fully saturated rings. The molecular formula is C14H17N3S. The van der Waals surface area contributed by atoms with Crippen LogP contribution in [0.25, 0.3) is 0 Å². The topological polar surface area (TPSA) is 29.9 Å². The third kappa shape index (κ3) is 2.76. The van der Waals surface area contributed by atoms with Crippen molar-refractivity contribution in [3.8, 4) is 0 Å². The summed E-state index contributed by atoms with van der Waals surface area (Å²) in [6, 6.07) is 8.73. The second-order valence-corrected chi connectivity index (χ2v) is 5.90. The van der Waals surface area contributed by atoms with Gasteiger partial charge in [0.25, 0.3) is 0 Å². The molecule has 1 aromatic carbocycles. The molecule has 3 rings (SSSR count). The van der Waals surface area contributed by atoms with E-state index < -0.39 is 0 Å². The molecule has 0 amide bonds. The van der Waals surface area contributed by atoms with E-state index in [1.54, 1.807) is 0 Å². The van der Waals surface area contributed by atoms with Crippen molar-refractivity contribution >= 4 is 11.8 Å². The van der Waals surface area contributed by atoms with E-state index in [4.69, 9.17) is 0 Å². The molecule has 1 aliphatic heterocycles. The van der Waals surface area contributed by atoms with Crippen LogP contribution in [0.2, 0.25) is 0 Å². The molecule has 0 saturated heterocycles. The third-order valence-corrected chi connectivity index (χ3v) is 4.51. The summed E-state index contributed by atoms with van der Waals surface area (Å²) in [5.41, 5.74) is 1.50. The molecule has 0 bridgehead atoms. The van der Waals surface area contributed by atoms with Crippen molar-refractivity contribution < 1.29 is 0 Å². The lowest BCUT2D eigenvalue weighted by Crippen LogP contribution is -2.27. The highest BCUT2D eigenvalue weighted by Crippen LogP contribution is 2.36. The van der Waals surface area contributed by atoms with E-state index in [0.29, 0.717) is 5.25 Å². The van der Waals surface area contributed by atoms with Crippen molar-refractivity contribution in [3.63, 3.8) is 0 Å². The summed E-state index contributed by atoms with van der Waals surface area (Å²) in [5, 5.41) is 4.22. The smallest absolute Gasteiger partial charge is 0.0946 e. The lowest BCUT2D eigenvalue weighted by Gasteiger charge is -2.10. The molecule has 94 valence electrons. The van der Waals surface area contributed by atoms with Crippen LogP contribution in [0.1, 0.15) is 5.56 Å². The molecular weight excluding hydrogens is 242 g/mol. The normalized spacial score (nSPS) is 17.9. The van der Waals surface area contributed by atoms with Crippen LogP contribution in [0, 0.1) is 0 Å². The van der Waals surface area contributed by atoms with Crippen molar-refractivity contribution in [1.29, 1.82) is 0 Å². The summed E-state index contributed by atoms with van der Waals surface area (Å²) in [4.78, 5) is 5.49. The Morgan fingerprint density at radius 1 is 1.39 bits per heavy atom. The highest BCUT2D eigenvalue weighted by Gasteiger charge is 2.20. The largest absolute Gasteiger partial charge is 0.336 e. The maximum atomic E-state index is 4.04. The number of fused-ring (bicyclic) bond motifs is 1. The number of nitrogens with zero attached hydrogens (tertiary/aromatic N) is 2. The number of hydrogen-bond donors (Lipinski definition) is 1. The fourth-order valence-electron chi connectivity index (χ4n) is 2.26. The number of hydrogen-bond acceptors (Lipinski definition) is 3. The average molecular weight is 259 g/mol. The van der Waals surface area contributed by atoms with Gasteiger partial charge in [-0.05, 0) is 18.1 Å². The second kappa shape index (κ2) is 5.59. The fourth-order valence-corrected chi connectivity index (χ4v) is 3.54. The molecule has 1 N–H and O–H groups in total. The van der Waals surface area contributed by atoms with Crippen molar-refractivity contribution in [2.75, 3.05) is 13.1 Å². The number of benzene rings is 1. The standard InChI is InChI=1S/C14H17N3S/c1-2-4-14-12(3-1)9-13(18-14)10-15-5-7-17-8-6-16-11-17/h1-4,6,8,11,13,15H,5,7,9-10H2. The van der Waals surface area contributed by atoms with Crippen molar-refractivity contribution in [1.82, 2.24) is 14.9 Å². The van der Waals surface area contributed by atoms with E-state index >= 15 is 0 Å². The molecule has 1 aromatic heterocycles. The van der Waals surface area contributed by atoms with Crippen molar-refractivity contribution in [3.05, 3.63) is 48.5 Å². The molecule has 4 heteroatoms. The first-order valence-electron chi connectivity index (χ1n) is 6.33. The second-order valence-electron chi connectivity index (χ2n) is 4.56. The van der Waals surface area contributed by atoms with Gasteiger partial charge in [-0.3, -0.25) is 0 Å². The number of aromatic nitrogens is 2. The molecule has 0 spiro atoms. The zero-order chi connectivity index (χ0) is 12.2. The van der Waals surface area contributed by atoms with Gasteiger partial charge >= 0.3 is 0 Å². The number of rotatable bonds is 5. The molecule has 1 atom stereocenters. The number of imidazole rings is 1. The minimum atomic E-state index is 0.685. The van der Waals surface area contributed by atoms with Gasteiger partial charge in [-0.25, -0.2) is 4.98 Å². The van der Waals surface area contributed by atoms with Crippen molar-refractivity contribution in [2.24, 2.45) is 0 Å². The van der Waals surface area contributed by atoms with Crippen LogP contribution in [-0.4, -0.2) is 27.9 Å². The first-order chi connectivity index (χ1) is 8.92. The van der Waals surface area contributed by atoms with Gasteiger partial charge in [0.15, 0.2) is 0 Å².